The summed E-state index contributed by atoms with van der Waals surface area (Å²) in [5.41, 5.74) is 0. The summed E-state index contributed by atoms with van der Waals surface area (Å²) in [6.07, 6.45) is 4.18. The van der Waals surface area contributed by atoms with Crippen LogP contribution in [-0.4, -0.2) is 64.6 Å². The molecule has 0 aromatic carbocycles. The Morgan fingerprint density at radius 1 is 1.27 bits per heavy atom. The molecule has 7 nitrogen and oxygen atoms in total. The largest absolute Gasteiger partial charge is 0.352 e. The number of nitrogens with zero attached hydrogens (tertiary/aromatic N) is 4. The lowest BCUT2D eigenvalue weighted by Crippen LogP contribution is -2.49. The van der Waals surface area contributed by atoms with Crippen LogP contribution in [0.1, 0.15) is 37.9 Å². The van der Waals surface area contributed by atoms with Crippen molar-refractivity contribution < 1.29 is 9.32 Å². The van der Waals surface area contributed by atoms with E-state index in [-0.39, 0.29) is 5.91 Å². The molecule has 2 fully saturated rings. The average molecular weight is 307 g/mol. The summed E-state index contributed by atoms with van der Waals surface area (Å²) in [4.78, 5) is 20.7. The predicted molar refractivity (Wildman–Crippen MR) is 81.2 cm³/mol. The summed E-state index contributed by atoms with van der Waals surface area (Å²) in [6.45, 7) is 7.02. The third-order valence-corrected chi connectivity index (χ3v) is 4.12. The lowest BCUT2D eigenvalue weighted by atomic mass is 10.3. The second-order valence-electron chi connectivity index (χ2n) is 6.25. The van der Waals surface area contributed by atoms with Crippen LogP contribution >= 0.6 is 0 Å². The second-order valence-corrected chi connectivity index (χ2v) is 6.25. The van der Waals surface area contributed by atoms with Crippen LogP contribution in [0.5, 0.6) is 0 Å². The molecule has 2 aliphatic rings. The van der Waals surface area contributed by atoms with Crippen molar-refractivity contribution in [3.63, 3.8) is 0 Å². The van der Waals surface area contributed by atoms with E-state index in [4.69, 9.17) is 4.52 Å². The van der Waals surface area contributed by atoms with Gasteiger partial charge in [-0.05, 0) is 19.3 Å². The number of hydrogen-bond donors (Lipinski definition) is 1. The van der Waals surface area contributed by atoms with Crippen LogP contribution in [0.25, 0.3) is 0 Å². The van der Waals surface area contributed by atoms with E-state index in [1.54, 1.807) is 0 Å². The van der Waals surface area contributed by atoms with Crippen LogP contribution in [0.3, 0.4) is 0 Å². The quantitative estimate of drug-likeness (QED) is 0.787. The standard InChI is InChI=1S/C15H25N5O2/c1-2-3-13-17-15(22-18-13)11-20-8-6-19(7-9-20)10-14(21)16-12-4-5-12/h12H,2-11H2,1H3,(H,16,21). The van der Waals surface area contributed by atoms with Crippen LogP contribution in [0.2, 0.25) is 0 Å². The van der Waals surface area contributed by atoms with Crippen LogP contribution in [0, 0.1) is 0 Å². The number of nitrogens with one attached hydrogen (secondary N) is 1. The van der Waals surface area contributed by atoms with Gasteiger partial charge in [0.05, 0.1) is 13.1 Å². The lowest BCUT2D eigenvalue weighted by Gasteiger charge is -2.33. The average Bonchev–Trinajstić information content (AvgIpc) is 3.20. The Labute approximate surface area is 131 Å². The van der Waals surface area contributed by atoms with Gasteiger partial charge in [-0.25, -0.2) is 0 Å². The van der Waals surface area contributed by atoms with Crippen molar-refractivity contribution >= 4 is 5.91 Å². The molecule has 1 aliphatic heterocycles. The zero-order valence-electron chi connectivity index (χ0n) is 13.3. The van der Waals surface area contributed by atoms with Gasteiger partial charge in [0.25, 0.3) is 0 Å². The summed E-state index contributed by atoms with van der Waals surface area (Å²) >= 11 is 0. The monoisotopic (exact) mass is 307 g/mol. The maximum atomic E-state index is 11.8. The number of piperazine rings is 1. The van der Waals surface area contributed by atoms with Crippen LogP contribution in [-0.2, 0) is 17.8 Å². The Morgan fingerprint density at radius 2 is 2.00 bits per heavy atom. The van der Waals surface area contributed by atoms with Gasteiger partial charge in [0.15, 0.2) is 5.82 Å². The molecule has 1 saturated heterocycles. The first-order valence-electron chi connectivity index (χ1n) is 8.28. The smallest absolute Gasteiger partial charge is 0.240 e. The number of aryl methyl sites for hydroxylation is 1. The Balaban J connectivity index is 1.38. The zero-order chi connectivity index (χ0) is 15.4. The molecule has 7 heteroatoms. The van der Waals surface area contributed by atoms with Crippen molar-refractivity contribution in [2.45, 2.75) is 45.2 Å². The number of hydrogen-bond acceptors (Lipinski definition) is 6. The second kappa shape index (κ2) is 7.19. The van der Waals surface area contributed by atoms with E-state index in [0.29, 0.717) is 25.0 Å². The highest BCUT2D eigenvalue weighted by molar-refractivity contribution is 5.78. The van der Waals surface area contributed by atoms with Gasteiger partial charge in [0.2, 0.25) is 11.8 Å². The molecule has 1 N–H and O–H groups in total. The molecule has 0 atom stereocenters. The Morgan fingerprint density at radius 3 is 2.68 bits per heavy atom. The van der Waals surface area contributed by atoms with E-state index in [1.807, 2.05) is 0 Å². The number of amides is 1. The van der Waals surface area contributed by atoms with Crippen molar-refractivity contribution in [3.8, 4) is 0 Å². The normalized spacial score (nSPS) is 20.2. The minimum Gasteiger partial charge on any atom is -0.352 e. The van der Waals surface area contributed by atoms with Crippen molar-refractivity contribution in [3.05, 3.63) is 11.7 Å². The van der Waals surface area contributed by atoms with Gasteiger partial charge in [-0.3, -0.25) is 14.6 Å². The molecule has 0 radical (unpaired) electrons. The maximum absolute atomic E-state index is 11.8. The van der Waals surface area contributed by atoms with Crippen LogP contribution in [0.15, 0.2) is 4.52 Å². The van der Waals surface area contributed by atoms with E-state index in [1.165, 1.54) is 0 Å². The van der Waals surface area contributed by atoms with E-state index in [2.05, 4.69) is 32.2 Å². The fourth-order valence-electron chi connectivity index (χ4n) is 2.68. The Hall–Kier alpha value is -1.47. The number of carbonyl (C=O) groups is 1. The number of carbonyl (C=O) groups excluding carboxylic acids is 1. The maximum Gasteiger partial charge on any atom is 0.240 e. The van der Waals surface area contributed by atoms with E-state index < -0.39 is 0 Å². The third kappa shape index (κ3) is 4.51. The summed E-state index contributed by atoms with van der Waals surface area (Å²) in [7, 11) is 0. The van der Waals surface area contributed by atoms with Gasteiger partial charge in [0, 0.05) is 38.6 Å². The van der Waals surface area contributed by atoms with Gasteiger partial charge >= 0.3 is 0 Å². The van der Waals surface area contributed by atoms with E-state index in [9.17, 15) is 4.79 Å². The van der Waals surface area contributed by atoms with Crippen molar-refractivity contribution in [2.24, 2.45) is 0 Å². The number of aromatic nitrogens is 2. The predicted octanol–water partition coefficient (Wildman–Crippen LogP) is 0.418. The molecule has 1 aromatic rings. The Bertz CT molecular complexity index is 492. The molecule has 3 rings (SSSR count). The van der Waals surface area contributed by atoms with Gasteiger partial charge < -0.3 is 9.84 Å². The van der Waals surface area contributed by atoms with Crippen LogP contribution in [0.4, 0.5) is 0 Å². The van der Waals surface area contributed by atoms with Gasteiger partial charge in [0.1, 0.15) is 0 Å². The highest BCUT2D eigenvalue weighted by Crippen LogP contribution is 2.18. The summed E-state index contributed by atoms with van der Waals surface area (Å²) in [6, 6.07) is 0.448. The summed E-state index contributed by atoms with van der Waals surface area (Å²) in [5, 5.41) is 7.02. The summed E-state index contributed by atoms with van der Waals surface area (Å²) < 4.78 is 5.28. The lowest BCUT2D eigenvalue weighted by molar-refractivity contribution is -0.122. The first-order chi connectivity index (χ1) is 10.7. The minimum absolute atomic E-state index is 0.164. The molecule has 1 amide bonds. The summed E-state index contributed by atoms with van der Waals surface area (Å²) in [5.74, 6) is 1.66. The topological polar surface area (TPSA) is 74.5 Å². The fraction of sp³-hybridized carbons (Fsp3) is 0.800. The van der Waals surface area contributed by atoms with Crippen molar-refractivity contribution in [1.82, 2.24) is 25.3 Å². The highest BCUT2D eigenvalue weighted by Gasteiger charge is 2.25. The molecule has 1 aromatic heterocycles. The van der Waals surface area contributed by atoms with Crippen molar-refractivity contribution in [2.75, 3.05) is 32.7 Å². The Kier molecular flexibility index (Phi) is 5.04. The first kappa shape index (κ1) is 15.4. The molecular formula is C15H25N5O2. The van der Waals surface area contributed by atoms with E-state index in [0.717, 1.165) is 57.7 Å². The third-order valence-electron chi connectivity index (χ3n) is 4.12. The van der Waals surface area contributed by atoms with Crippen LogP contribution < -0.4 is 5.32 Å². The molecule has 22 heavy (non-hydrogen) atoms. The molecule has 2 heterocycles. The zero-order valence-corrected chi connectivity index (χ0v) is 13.3. The van der Waals surface area contributed by atoms with Gasteiger partial charge in [-0.2, -0.15) is 4.98 Å². The first-order valence-corrected chi connectivity index (χ1v) is 8.28. The number of rotatable bonds is 7. The molecular weight excluding hydrogens is 282 g/mol. The van der Waals surface area contributed by atoms with E-state index >= 15 is 0 Å². The molecule has 1 aliphatic carbocycles. The molecule has 1 saturated carbocycles. The molecule has 0 unspecified atom stereocenters. The SMILES string of the molecule is CCCc1noc(CN2CCN(CC(=O)NC3CC3)CC2)n1. The molecule has 122 valence electrons. The van der Waals surface area contributed by atoms with Crippen molar-refractivity contribution in [1.29, 1.82) is 0 Å². The molecule has 0 bridgehead atoms. The minimum atomic E-state index is 0.164. The van der Waals surface area contributed by atoms with Gasteiger partial charge in [-0.1, -0.05) is 12.1 Å². The highest BCUT2D eigenvalue weighted by atomic mass is 16.5. The van der Waals surface area contributed by atoms with Gasteiger partial charge in [-0.15, -0.1) is 0 Å². The molecule has 0 spiro atoms. The fourth-order valence-corrected chi connectivity index (χ4v) is 2.68.